The maximum absolute atomic E-state index is 12.5. The van der Waals surface area contributed by atoms with Gasteiger partial charge in [-0.05, 0) is 30.2 Å². The van der Waals surface area contributed by atoms with Crippen molar-refractivity contribution in [3.63, 3.8) is 0 Å². The first kappa shape index (κ1) is 17.2. The number of carbonyl (C=O) groups is 1. The molecule has 0 fully saturated rings. The number of amides is 1. The van der Waals surface area contributed by atoms with Crippen LogP contribution in [0.5, 0.6) is 0 Å². The first-order valence-electron chi connectivity index (χ1n) is 7.88. The highest BCUT2D eigenvalue weighted by Gasteiger charge is 2.32. The van der Waals surface area contributed by atoms with Crippen molar-refractivity contribution in [1.82, 2.24) is 10.0 Å². The molecule has 2 heterocycles. The summed E-state index contributed by atoms with van der Waals surface area (Å²) in [7, 11) is -3.63. The first-order valence-corrected chi connectivity index (χ1v) is 9.37. The van der Waals surface area contributed by atoms with Gasteiger partial charge in [0.1, 0.15) is 17.6 Å². The number of hydrogen-bond acceptors (Lipinski definition) is 5. The molecule has 0 saturated heterocycles. The highest BCUT2D eigenvalue weighted by Crippen LogP contribution is 2.23. The Morgan fingerprint density at radius 1 is 1.24 bits per heavy atom. The van der Waals surface area contributed by atoms with Crippen LogP contribution in [0.2, 0.25) is 0 Å². The van der Waals surface area contributed by atoms with Crippen LogP contribution >= 0.6 is 0 Å². The second kappa shape index (κ2) is 6.72. The molecule has 1 aromatic carbocycles. The Morgan fingerprint density at radius 3 is 2.68 bits per heavy atom. The van der Waals surface area contributed by atoms with Gasteiger partial charge in [-0.3, -0.25) is 14.5 Å². The van der Waals surface area contributed by atoms with E-state index in [-0.39, 0.29) is 29.1 Å². The van der Waals surface area contributed by atoms with Crippen molar-refractivity contribution in [2.75, 3.05) is 0 Å². The van der Waals surface area contributed by atoms with Crippen molar-refractivity contribution >= 4 is 21.8 Å². The highest BCUT2D eigenvalue weighted by molar-refractivity contribution is 7.90. The van der Waals surface area contributed by atoms with Gasteiger partial charge in [-0.2, -0.15) is 0 Å². The van der Waals surface area contributed by atoms with Crippen molar-refractivity contribution in [3.05, 3.63) is 54.0 Å². The van der Waals surface area contributed by atoms with Crippen LogP contribution in [0.4, 0.5) is 0 Å². The molecule has 1 aromatic heterocycles. The van der Waals surface area contributed by atoms with Crippen LogP contribution < -0.4 is 10.0 Å². The van der Waals surface area contributed by atoms with Crippen LogP contribution in [0.1, 0.15) is 25.2 Å². The molecule has 25 heavy (non-hydrogen) atoms. The Kier molecular flexibility index (Phi) is 4.63. The molecule has 1 aliphatic heterocycles. The second-order valence-electron chi connectivity index (χ2n) is 6.07. The summed E-state index contributed by atoms with van der Waals surface area (Å²) in [5, 5.41) is 2.77. The fourth-order valence-corrected chi connectivity index (χ4v) is 3.81. The van der Waals surface area contributed by atoms with Crippen LogP contribution in [-0.2, 0) is 21.4 Å². The smallest absolute Gasteiger partial charge is 0.263 e. The Balaban J connectivity index is 1.84. The average molecular weight is 361 g/mol. The fraction of sp³-hybridized carbons (Fsp3) is 0.294. The van der Waals surface area contributed by atoms with E-state index in [1.54, 1.807) is 30.3 Å². The number of sulfonamides is 1. The summed E-state index contributed by atoms with van der Waals surface area (Å²) in [6.45, 7) is 3.97. The zero-order chi connectivity index (χ0) is 18.0. The van der Waals surface area contributed by atoms with Gasteiger partial charge in [0, 0.05) is 5.56 Å². The minimum Gasteiger partial charge on any atom is -0.467 e. The molecule has 0 aliphatic carbocycles. The summed E-state index contributed by atoms with van der Waals surface area (Å²) in [4.78, 5) is 17.1. The summed E-state index contributed by atoms with van der Waals surface area (Å²) in [6, 6.07) is 9.35. The van der Waals surface area contributed by atoms with Crippen molar-refractivity contribution in [2.24, 2.45) is 10.9 Å². The zero-order valence-electron chi connectivity index (χ0n) is 13.9. The van der Waals surface area contributed by atoms with E-state index in [1.165, 1.54) is 12.3 Å². The molecule has 7 nitrogen and oxygen atoms in total. The molecular formula is C17H19N3O4S. The van der Waals surface area contributed by atoms with Crippen LogP contribution in [0, 0.1) is 5.92 Å². The van der Waals surface area contributed by atoms with E-state index >= 15 is 0 Å². The number of hydrogen-bond donors (Lipinski definition) is 2. The summed E-state index contributed by atoms with van der Waals surface area (Å²) in [5.41, 5.74) is 0.479. The molecule has 2 aromatic rings. The van der Waals surface area contributed by atoms with Gasteiger partial charge in [-0.1, -0.05) is 26.0 Å². The van der Waals surface area contributed by atoms with Crippen molar-refractivity contribution in [2.45, 2.75) is 31.3 Å². The SMILES string of the molecule is CC(C)[C@@H](N=C1NS(=O)(=O)c2ccccc21)C(=O)NCc1ccco1. The molecule has 1 amide bonds. The quantitative estimate of drug-likeness (QED) is 0.846. The Morgan fingerprint density at radius 2 is 2.00 bits per heavy atom. The predicted molar refractivity (Wildman–Crippen MR) is 92.5 cm³/mol. The number of aliphatic imine (C=N–C) groups is 1. The number of benzene rings is 1. The van der Waals surface area contributed by atoms with E-state index in [9.17, 15) is 13.2 Å². The molecule has 0 bridgehead atoms. The van der Waals surface area contributed by atoms with Crippen LogP contribution in [0.25, 0.3) is 0 Å². The predicted octanol–water partition coefficient (Wildman–Crippen LogP) is 1.66. The normalized spacial score (nSPS) is 18.0. The Hall–Kier alpha value is -2.61. The molecule has 0 saturated carbocycles. The number of nitrogens with one attached hydrogen (secondary N) is 2. The topological polar surface area (TPSA) is 101 Å². The van der Waals surface area contributed by atoms with Gasteiger partial charge in [0.05, 0.1) is 17.7 Å². The van der Waals surface area contributed by atoms with E-state index in [0.717, 1.165) is 0 Å². The third-order valence-electron chi connectivity index (χ3n) is 3.85. The van der Waals surface area contributed by atoms with E-state index in [2.05, 4.69) is 15.0 Å². The number of nitrogens with zero attached hydrogens (tertiary/aromatic N) is 1. The standard InChI is InChI=1S/C17H19N3O4S/c1-11(2)15(17(21)18-10-12-6-5-9-24-12)19-16-13-7-3-4-8-14(13)25(22,23)20-16/h3-9,11,15H,10H2,1-2H3,(H,18,21)(H,19,20)/t15-/m1/s1. The summed E-state index contributed by atoms with van der Waals surface area (Å²) in [5.74, 6) is 0.432. The van der Waals surface area contributed by atoms with Crippen molar-refractivity contribution in [3.8, 4) is 0 Å². The lowest BCUT2D eigenvalue weighted by molar-refractivity contribution is -0.123. The molecular weight excluding hydrogens is 342 g/mol. The molecule has 2 N–H and O–H groups in total. The summed E-state index contributed by atoms with van der Waals surface area (Å²) < 4.78 is 31.9. The van der Waals surface area contributed by atoms with Gasteiger partial charge >= 0.3 is 0 Å². The molecule has 3 rings (SSSR count). The summed E-state index contributed by atoms with van der Waals surface area (Å²) in [6.07, 6.45) is 1.53. The average Bonchev–Trinajstić information content (AvgIpc) is 3.17. The van der Waals surface area contributed by atoms with Gasteiger partial charge in [0.25, 0.3) is 10.0 Å². The highest BCUT2D eigenvalue weighted by atomic mass is 32.2. The lowest BCUT2D eigenvalue weighted by atomic mass is 10.0. The fourth-order valence-electron chi connectivity index (χ4n) is 2.57. The third kappa shape index (κ3) is 3.58. The van der Waals surface area contributed by atoms with Crippen LogP contribution in [0.3, 0.4) is 0 Å². The van der Waals surface area contributed by atoms with Crippen molar-refractivity contribution < 1.29 is 17.6 Å². The first-order chi connectivity index (χ1) is 11.9. The molecule has 0 unspecified atom stereocenters. The van der Waals surface area contributed by atoms with Gasteiger partial charge in [0.2, 0.25) is 5.91 Å². The lowest BCUT2D eigenvalue weighted by Crippen LogP contribution is -2.38. The van der Waals surface area contributed by atoms with E-state index in [4.69, 9.17) is 4.42 Å². The number of furan rings is 1. The molecule has 1 aliphatic rings. The second-order valence-corrected chi connectivity index (χ2v) is 7.72. The van der Waals surface area contributed by atoms with E-state index in [1.807, 2.05) is 13.8 Å². The monoisotopic (exact) mass is 361 g/mol. The molecule has 8 heteroatoms. The zero-order valence-corrected chi connectivity index (χ0v) is 14.7. The number of carbonyl (C=O) groups excluding carboxylic acids is 1. The number of fused-ring (bicyclic) bond motifs is 1. The third-order valence-corrected chi connectivity index (χ3v) is 5.25. The Labute approximate surface area is 146 Å². The summed E-state index contributed by atoms with van der Waals surface area (Å²) >= 11 is 0. The number of rotatable bonds is 5. The van der Waals surface area contributed by atoms with Gasteiger partial charge in [0.15, 0.2) is 0 Å². The minimum absolute atomic E-state index is 0.110. The lowest BCUT2D eigenvalue weighted by Gasteiger charge is -2.17. The molecule has 1 atom stereocenters. The minimum atomic E-state index is -3.63. The molecule has 0 radical (unpaired) electrons. The molecule has 132 valence electrons. The maximum Gasteiger partial charge on any atom is 0.263 e. The van der Waals surface area contributed by atoms with Crippen LogP contribution in [0.15, 0.2) is 57.0 Å². The Bertz CT molecular complexity index is 902. The van der Waals surface area contributed by atoms with E-state index < -0.39 is 16.1 Å². The van der Waals surface area contributed by atoms with Gasteiger partial charge in [-0.25, -0.2) is 8.42 Å². The van der Waals surface area contributed by atoms with Gasteiger partial charge in [-0.15, -0.1) is 0 Å². The number of amidine groups is 1. The van der Waals surface area contributed by atoms with Gasteiger partial charge < -0.3 is 9.73 Å². The van der Waals surface area contributed by atoms with Crippen molar-refractivity contribution in [1.29, 1.82) is 0 Å². The largest absolute Gasteiger partial charge is 0.467 e. The molecule has 0 spiro atoms. The maximum atomic E-state index is 12.5. The van der Waals surface area contributed by atoms with E-state index in [0.29, 0.717) is 11.3 Å². The van der Waals surface area contributed by atoms with Crippen LogP contribution in [-0.4, -0.2) is 26.2 Å².